The average molecular weight is 196 g/mol. The summed E-state index contributed by atoms with van der Waals surface area (Å²) in [6, 6.07) is 0. The molecule has 1 saturated carbocycles. The SMILES string of the molecule is COC(=O)B=C1CCC2(CC1)OCO2. The van der Waals surface area contributed by atoms with E-state index in [0.29, 0.717) is 6.79 Å². The van der Waals surface area contributed by atoms with Gasteiger partial charge in [0.25, 0.3) is 0 Å². The van der Waals surface area contributed by atoms with Gasteiger partial charge in [0.05, 0.1) is 0 Å². The average Bonchev–Trinajstić information content (AvgIpc) is 2.16. The van der Waals surface area contributed by atoms with Crippen molar-refractivity contribution in [3.8, 4) is 0 Å². The zero-order valence-electron chi connectivity index (χ0n) is 8.25. The number of ether oxygens (including phenoxy) is 3. The van der Waals surface area contributed by atoms with Crippen LogP contribution in [-0.2, 0) is 14.2 Å². The van der Waals surface area contributed by atoms with Crippen LogP contribution in [0.15, 0.2) is 0 Å². The van der Waals surface area contributed by atoms with Gasteiger partial charge in [0.2, 0.25) is 0 Å². The quantitative estimate of drug-likeness (QED) is 0.584. The van der Waals surface area contributed by atoms with E-state index in [0.717, 1.165) is 31.1 Å². The van der Waals surface area contributed by atoms with Crippen molar-refractivity contribution in [3.63, 3.8) is 0 Å². The van der Waals surface area contributed by atoms with Gasteiger partial charge in [-0.3, -0.25) is 0 Å². The predicted octanol–water partition coefficient (Wildman–Crippen LogP) is 0.904. The van der Waals surface area contributed by atoms with Crippen molar-refractivity contribution in [2.45, 2.75) is 31.5 Å². The summed E-state index contributed by atoms with van der Waals surface area (Å²) in [6.45, 7) is 1.99. The molecule has 2 fully saturated rings. The van der Waals surface area contributed by atoms with Crippen molar-refractivity contribution in [1.82, 2.24) is 0 Å². The molecule has 4 nitrogen and oxygen atoms in total. The van der Waals surface area contributed by atoms with E-state index < -0.39 is 0 Å². The summed E-state index contributed by atoms with van der Waals surface area (Å²) in [5.74, 6) is -0.598. The van der Waals surface area contributed by atoms with E-state index in [9.17, 15) is 4.79 Å². The molecule has 2 rings (SSSR count). The molecule has 0 unspecified atom stereocenters. The molecule has 0 aromatic carbocycles. The Morgan fingerprint density at radius 2 is 2.07 bits per heavy atom. The zero-order chi connectivity index (χ0) is 10.0. The van der Waals surface area contributed by atoms with Gasteiger partial charge in [-0.05, 0) is 0 Å². The van der Waals surface area contributed by atoms with Crippen molar-refractivity contribution >= 4 is 18.3 Å². The summed E-state index contributed by atoms with van der Waals surface area (Å²) in [4.78, 5) is 11.0. The van der Waals surface area contributed by atoms with Crippen molar-refractivity contribution in [3.05, 3.63) is 0 Å². The van der Waals surface area contributed by atoms with Gasteiger partial charge in [-0.1, -0.05) is 0 Å². The first-order valence-corrected chi connectivity index (χ1v) is 4.79. The van der Waals surface area contributed by atoms with Gasteiger partial charge in [-0.25, -0.2) is 0 Å². The Balaban J connectivity index is 1.89. The van der Waals surface area contributed by atoms with Gasteiger partial charge in [-0.15, -0.1) is 0 Å². The summed E-state index contributed by atoms with van der Waals surface area (Å²) in [5.41, 5.74) is 1.13. The van der Waals surface area contributed by atoms with Crippen LogP contribution in [-0.4, -0.2) is 37.9 Å². The first-order chi connectivity index (χ1) is 6.74. The van der Waals surface area contributed by atoms with Gasteiger partial charge in [0, 0.05) is 0 Å². The Bertz CT molecular complexity index is 258. The van der Waals surface area contributed by atoms with E-state index in [4.69, 9.17) is 9.47 Å². The van der Waals surface area contributed by atoms with E-state index in [1.54, 1.807) is 6.92 Å². The van der Waals surface area contributed by atoms with Crippen LogP contribution in [0.25, 0.3) is 0 Å². The normalized spacial score (nSPS) is 23.9. The van der Waals surface area contributed by atoms with Crippen molar-refractivity contribution in [2.24, 2.45) is 0 Å². The molecule has 0 radical (unpaired) electrons. The van der Waals surface area contributed by atoms with Crippen molar-refractivity contribution in [1.29, 1.82) is 0 Å². The molecular formula is C9H13BO4. The van der Waals surface area contributed by atoms with Crippen LogP contribution in [0, 0.1) is 0 Å². The number of methoxy groups -OCH3 is 1. The number of carbonyl (C=O) groups is 1. The van der Waals surface area contributed by atoms with Crippen LogP contribution in [0.4, 0.5) is 4.79 Å². The van der Waals surface area contributed by atoms with E-state index in [2.05, 4.69) is 4.74 Å². The van der Waals surface area contributed by atoms with Gasteiger partial charge < -0.3 is 0 Å². The molecule has 5 heteroatoms. The molecule has 0 atom stereocenters. The Hall–Kier alpha value is -0.675. The first kappa shape index (κ1) is 9.86. The summed E-state index contributed by atoms with van der Waals surface area (Å²) in [7, 11) is 1.39. The van der Waals surface area contributed by atoms with Gasteiger partial charge >= 0.3 is 82.6 Å². The molecule has 1 spiro atoms. The Labute approximate surface area is 83.4 Å². The number of carbonyl (C=O) groups excluding carboxylic acids is 1. The van der Waals surface area contributed by atoms with Crippen molar-refractivity contribution < 1.29 is 19.0 Å². The molecule has 1 aliphatic carbocycles. The molecule has 0 amide bonds. The molecule has 1 aliphatic heterocycles. The molecule has 1 heterocycles. The number of rotatable bonds is 1. The van der Waals surface area contributed by atoms with Crippen molar-refractivity contribution in [2.75, 3.05) is 13.9 Å². The second kappa shape index (κ2) is 3.83. The van der Waals surface area contributed by atoms with Crippen LogP contribution in [0.1, 0.15) is 25.7 Å². The molecule has 0 bridgehead atoms. The maximum atomic E-state index is 11.0. The zero-order valence-corrected chi connectivity index (χ0v) is 8.25. The van der Waals surface area contributed by atoms with E-state index in [-0.39, 0.29) is 11.7 Å². The summed E-state index contributed by atoms with van der Waals surface area (Å²) in [6.07, 6.45) is 3.40. The molecule has 0 aromatic rings. The molecule has 76 valence electrons. The topological polar surface area (TPSA) is 44.8 Å². The second-order valence-corrected chi connectivity index (χ2v) is 3.64. The van der Waals surface area contributed by atoms with E-state index in [1.165, 1.54) is 7.11 Å². The summed E-state index contributed by atoms with van der Waals surface area (Å²) in [5, 5.41) is 0. The van der Waals surface area contributed by atoms with Crippen LogP contribution in [0.5, 0.6) is 0 Å². The third-order valence-corrected chi connectivity index (χ3v) is 2.82. The standard InChI is InChI=1S/C9H13BO4/c1-12-8(11)10-7-2-4-9(5-3-7)13-6-14-9/h2-6H2,1H3. The molecule has 0 aromatic heterocycles. The predicted molar refractivity (Wildman–Crippen MR) is 51.4 cm³/mol. The first-order valence-electron chi connectivity index (χ1n) is 4.79. The van der Waals surface area contributed by atoms with E-state index in [1.807, 2.05) is 0 Å². The molecular weight excluding hydrogens is 183 g/mol. The van der Waals surface area contributed by atoms with E-state index >= 15 is 0 Å². The van der Waals surface area contributed by atoms with Crippen LogP contribution < -0.4 is 0 Å². The van der Waals surface area contributed by atoms with Gasteiger partial charge in [-0.2, -0.15) is 0 Å². The molecule has 0 N–H and O–H groups in total. The number of hydrogen-bond donors (Lipinski definition) is 0. The minimum absolute atomic E-state index is 0.272. The summed E-state index contributed by atoms with van der Waals surface area (Å²) < 4.78 is 15.3. The van der Waals surface area contributed by atoms with Gasteiger partial charge in [0.1, 0.15) is 0 Å². The van der Waals surface area contributed by atoms with Crippen LogP contribution >= 0.6 is 0 Å². The van der Waals surface area contributed by atoms with Crippen LogP contribution in [0.3, 0.4) is 0 Å². The van der Waals surface area contributed by atoms with Gasteiger partial charge in [0.15, 0.2) is 0 Å². The van der Waals surface area contributed by atoms with Crippen LogP contribution in [0.2, 0.25) is 0 Å². The third kappa shape index (κ3) is 1.88. The Morgan fingerprint density at radius 1 is 1.43 bits per heavy atom. The maximum absolute atomic E-state index is 11.0. The fourth-order valence-electron chi connectivity index (χ4n) is 1.84. The monoisotopic (exact) mass is 196 g/mol. The molecule has 1 saturated heterocycles. The fraction of sp³-hybridized carbons (Fsp3) is 0.778. The second-order valence-electron chi connectivity index (χ2n) is 3.64. The molecule has 14 heavy (non-hydrogen) atoms. The third-order valence-electron chi connectivity index (χ3n) is 2.82. The Kier molecular flexibility index (Phi) is 2.70. The fourth-order valence-corrected chi connectivity index (χ4v) is 1.84. The number of hydrogen-bond acceptors (Lipinski definition) is 4. The molecule has 2 aliphatic rings. The summed E-state index contributed by atoms with van der Waals surface area (Å²) >= 11 is 0. The minimum atomic E-state index is -0.326. The Morgan fingerprint density at radius 3 is 2.50 bits per heavy atom.